The van der Waals surface area contributed by atoms with Gasteiger partial charge in [-0.2, -0.15) is 5.10 Å². The summed E-state index contributed by atoms with van der Waals surface area (Å²) >= 11 is 0. The number of rotatable bonds is 3. The van der Waals surface area contributed by atoms with Crippen LogP contribution in [0.2, 0.25) is 0 Å². The van der Waals surface area contributed by atoms with Gasteiger partial charge in [-0.1, -0.05) is 18.2 Å². The van der Waals surface area contributed by atoms with E-state index in [1.165, 1.54) is 10.9 Å². The van der Waals surface area contributed by atoms with Gasteiger partial charge >= 0.3 is 6.09 Å². The molecule has 0 radical (unpaired) electrons. The van der Waals surface area contributed by atoms with Crippen LogP contribution in [-0.2, 0) is 6.54 Å². The summed E-state index contributed by atoms with van der Waals surface area (Å²) in [5.41, 5.74) is 0.791. The molecular formula is C13H11N5O3. The summed E-state index contributed by atoms with van der Waals surface area (Å²) in [6, 6.07) is 9.25. The average molecular weight is 285 g/mol. The molecule has 2 aromatic heterocycles. The largest absolute Gasteiger partial charge is 0.465 e. The first kappa shape index (κ1) is 12.9. The van der Waals surface area contributed by atoms with E-state index < -0.39 is 6.09 Å². The van der Waals surface area contributed by atoms with E-state index in [9.17, 15) is 9.59 Å². The Bertz CT molecular complexity index is 853. The third-order valence-corrected chi connectivity index (χ3v) is 2.89. The summed E-state index contributed by atoms with van der Waals surface area (Å²) in [5.74, 6) is 0.229. The molecule has 0 saturated heterocycles. The molecule has 0 aliphatic carbocycles. The highest BCUT2D eigenvalue weighted by atomic mass is 16.4. The lowest BCUT2D eigenvalue weighted by Crippen LogP contribution is -2.23. The quantitative estimate of drug-likeness (QED) is 0.661. The van der Waals surface area contributed by atoms with E-state index in [0.29, 0.717) is 11.0 Å². The van der Waals surface area contributed by atoms with E-state index >= 15 is 0 Å². The Morgan fingerprint density at radius 1 is 1.33 bits per heavy atom. The van der Waals surface area contributed by atoms with Crippen LogP contribution in [0.5, 0.6) is 0 Å². The lowest BCUT2D eigenvalue weighted by atomic mass is 10.3. The molecule has 0 fully saturated rings. The molecule has 2 heterocycles. The fraction of sp³-hybridized carbons (Fsp3) is 0.0769. The standard InChI is InChI=1S/C13H11N5O3/c19-12-9-6-15-18(8-4-2-1-3-5-8)11(9)16-10(17-12)7-14-13(20)21/h1-6,14H,7H2,(H,20,21)(H,16,17,19). The average Bonchev–Trinajstić information content (AvgIpc) is 2.90. The van der Waals surface area contributed by atoms with Crippen molar-refractivity contribution in [3.63, 3.8) is 0 Å². The molecule has 0 aliphatic heterocycles. The van der Waals surface area contributed by atoms with Crippen LogP contribution in [-0.4, -0.2) is 30.9 Å². The van der Waals surface area contributed by atoms with Crippen molar-refractivity contribution in [2.24, 2.45) is 0 Å². The Balaban J connectivity index is 2.11. The molecule has 21 heavy (non-hydrogen) atoms. The number of benzene rings is 1. The second-order valence-corrected chi connectivity index (χ2v) is 4.30. The molecule has 8 heteroatoms. The number of nitrogens with zero attached hydrogens (tertiary/aromatic N) is 3. The maximum absolute atomic E-state index is 12.0. The van der Waals surface area contributed by atoms with Crippen LogP contribution in [0.1, 0.15) is 5.82 Å². The normalized spacial score (nSPS) is 10.7. The number of aromatic amines is 1. The Labute approximate surface area is 118 Å². The van der Waals surface area contributed by atoms with Gasteiger partial charge < -0.3 is 15.4 Å². The summed E-state index contributed by atoms with van der Waals surface area (Å²) in [7, 11) is 0. The fourth-order valence-corrected chi connectivity index (χ4v) is 1.97. The molecule has 3 aromatic rings. The zero-order valence-corrected chi connectivity index (χ0v) is 10.8. The molecular weight excluding hydrogens is 274 g/mol. The van der Waals surface area contributed by atoms with E-state index in [1.54, 1.807) is 0 Å². The Kier molecular flexibility index (Phi) is 3.11. The summed E-state index contributed by atoms with van der Waals surface area (Å²) in [4.78, 5) is 29.3. The van der Waals surface area contributed by atoms with Crippen LogP contribution in [0.4, 0.5) is 4.79 Å². The van der Waals surface area contributed by atoms with E-state index in [4.69, 9.17) is 5.11 Å². The number of nitrogens with one attached hydrogen (secondary N) is 2. The van der Waals surface area contributed by atoms with Gasteiger partial charge in [0, 0.05) is 0 Å². The molecule has 0 bridgehead atoms. The van der Waals surface area contributed by atoms with E-state index in [1.807, 2.05) is 30.3 Å². The van der Waals surface area contributed by atoms with Crippen molar-refractivity contribution in [1.29, 1.82) is 0 Å². The first-order valence-electron chi connectivity index (χ1n) is 6.14. The van der Waals surface area contributed by atoms with Gasteiger partial charge in [-0.3, -0.25) is 4.79 Å². The molecule has 0 unspecified atom stereocenters. The van der Waals surface area contributed by atoms with E-state index in [-0.39, 0.29) is 17.9 Å². The molecule has 106 valence electrons. The van der Waals surface area contributed by atoms with Crippen molar-refractivity contribution in [2.75, 3.05) is 0 Å². The van der Waals surface area contributed by atoms with Gasteiger partial charge in [0.05, 0.1) is 18.4 Å². The van der Waals surface area contributed by atoms with E-state index in [2.05, 4.69) is 20.4 Å². The third kappa shape index (κ3) is 2.46. The van der Waals surface area contributed by atoms with Crippen molar-refractivity contribution in [3.8, 4) is 5.69 Å². The molecule has 0 atom stereocenters. The second-order valence-electron chi connectivity index (χ2n) is 4.30. The predicted octanol–water partition coefficient (Wildman–Crippen LogP) is 0.876. The number of hydrogen-bond donors (Lipinski definition) is 3. The SMILES string of the molecule is O=C(O)NCc1nc2c(cnn2-c2ccccc2)c(=O)[nH]1. The fourth-order valence-electron chi connectivity index (χ4n) is 1.97. The number of aromatic nitrogens is 4. The Morgan fingerprint density at radius 2 is 2.10 bits per heavy atom. The highest BCUT2D eigenvalue weighted by molar-refractivity contribution is 5.75. The number of carboxylic acid groups (broad SMARTS) is 1. The molecule has 3 N–H and O–H groups in total. The van der Waals surface area contributed by atoms with Crippen LogP contribution in [0.15, 0.2) is 41.3 Å². The number of amides is 1. The Morgan fingerprint density at radius 3 is 2.81 bits per heavy atom. The van der Waals surface area contributed by atoms with Gasteiger partial charge in [-0.25, -0.2) is 14.5 Å². The summed E-state index contributed by atoms with van der Waals surface area (Å²) in [6.07, 6.45) is 0.247. The van der Waals surface area contributed by atoms with Gasteiger partial charge in [-0.15, -0.1) is 0 Å². The van der Waals surface area contributed by atoms with Gasteiger partial charge in [0.15, 0.2) is 5.65 Å². The smallest absolute Gasteiger partial charge is 0.405 e. The minimum Gasteiger partial charge on any atom is -0.465 e. The van der Waals surface area contributed by atoms with Gasteiger partial charge in [0.2, 0.25) is 0 Å². The summed E-state index contributed by atoms with van der Waals surface area (Å²) in [5, 5.41) is 15.3. The zero-order chi connectivity index (χ0) is 14.8. The molecule has 0 aliphatic rings. The predicted molar refractivity (Wildman–Crippen MR) is 74.4 cm³/mol. The lowest BCUT2D eigenvalue weighted by Gasteiger charge is -2.04. The molecule has 1 aromatic carbocycles. The lowest BCUT2D eigenvalue weighted by molar-refractivity contribution is 0.193. The number of carbonyl (C=O) groups is 1. The van der Waals surface area contributed by atoms with Gasteiger partial charge in [-0.05, 0) is 12.1 Å². The maximum atomic E-state index is 12.0. The molecule has 0 spiro atoms. The summed E-state index contributed by atoms with van der Waals surface area (Å²) < 4.78 is 1.54. The minimum absolute atomic E-state index is 0.0829. The first-order valence-corrected chi connectivity index (χ1v) is 6.14. The van der Waals surface area contributed by atoms with Crippen molar-refractivity contribution >= 4 is 17.1 Å². The van der Waals surface area contributed by atoms with Crippen LogP contribution in [0.25, 0.3) is 16.7 Å². The van der Waals surface area contributed by atoms with Gasteiger partial charge in [0.25, 0.3) is 5.56 Å². The molecule has 0 saturated carbocycles. The van der Waals surface area contributed by atoms with Gasteiger partial charge in [0.1, 0.15) is 11.2 Å². The maximum Gasteiger partial charge on any atom is 0.405 e. The van der Waals surface area contributed by atoms with Crippen molar-refractivity contribution in [2.45, 2.75) is 6.54 Å². The van der Waals surface area contributed by atoms with Crippen LogP contribution in [0.3, 0.4) is 0 Å². The third-order valence-electron chi connectivity index (χ3n) is 2.89. The van der Waals surface area contributed by atoms with Crippen molar-refractivity contribution in [1.82, 2.24) is 25.1 Å². The molecule has 1 amide bonds. The molecule has 8 nitrogen and oxygen atoms in total. The number of para-hydroxylation sites is 1. The minimum atomic E-state index is -1.19. The zero-order valence-electron chi connectivity index (χ0n) is 10.8. The number of fused-ring (bicyclic) bond motifs is 1. The number of H-pyrrole nitrogens is 1. The van der Waals surface area contributed by atoms with E-state index in [0.717, 1.165) is 5.69 Å². The van der Waals surface area contributed by atoms with Crippen LogP contribution < -0.4 is 10.9 Å². The van der Waals surface area contributed by atoms with Crippen molar-refractivity contribution in [3.05, 3.63) is 52.7 Å². The van der Waals surface area contributed by atoms with Crippen molar-refractivity contribution < 1.29 is 9.90 Å². The molecule has 3 rings (SSSR count). The first-order chi connectivity index (χ1) is 10.1. The summed E-state index contributed by atoms with van der Waals surface area (Å²) in [6.45, 7) is -0.0829. The monoisotopic (exact) mass is 285 g/mol. The Hall–Kier alpha value is -3.16. The topological polar surface area (TPSA) is 113 Å². The van der Waals surface area contributed by atoms with Crippen LogP contribution >= 0.6 is 0 Å². The highest BCUT2D eigenvalue weighted by Crippen LogP contribution is 2.13. The second kappa shape index (κ2) is 5.08. The highest BCUT2D eigenvalue weighted by Gasteiger charge is 2.11. The number of hydrogen-bond acceptors (Lipinski definition) is 4. The van der Waals surface area contributed by atoms with Crippen LogP contribution in [0, 0.1) is 0 Å².